The monoisotopic (exact) mass is 136 g/mol. The molecule has 0 radical (unpaired) electrons. The molecule has 0 heterocycles. The van der Waals surface area contributed by atoms with Crippen molar-refractivity contribution in [2.24, 2.45) is 0 Å². The molecule has 0 unspecified atom stereocenters. The van der Waals surface area contributed by atoms with Gasteiger partial charge in [-0.15, -0.1) is 11.8 Å². The molecule has 0 aliphatic carbocycles. The highest BCUT2D eigenvalue weighted by molar-refractivity contribution is 5.89. The van der Waals surface area contributed by atoms with Gasteiger partial charge in [-0.25, -0.2) is 0 Å². The van der Waals surface area contributed by atoms with Crippen LogP contribution in [0.4, 0.5) is 0 Å². The van der Waals surface area contributed by atoms with Gasteiger partial charge in [0.25, 0.3) is 0 Å². The Morgan fingerprint density at radius 2 is 2.30 bits per heavy atom. The fourth-order valence-electron chi connectivity index (χ4n) is 0.580. The molecule has 1 nitrogen and oxygen atoms in total. The molecular formula is C9H12O. The molecule has 0 saturated carbocycles. The molecule has 0 atom stereocenters. The molecule has 0 aromatic carbocycles. The van der Waals surface area contributed by atoms with E-state index in [9.17, 15) is 4.79 Å². The van der Waals surface area contributed by atoms with Gasteiger partial charge in [0.15, 0.2) is 5.78 Å². The van der Waals surface area contributed by atoms with Gasteiger partial charge >= 0.3 is 0 Å². The maximum Gasteiger partial charge on any atom is 0.156 e. The van der Waals surface area contributed by atoms with Gasteiger partial charge in [0.1, 0.15) is 0 Å². The van der Waals surface area contributed by atoms with Gasteiger partial charge < -0.3 is 0 Å². The molecule has 0 amide bonds. The van der Waals surface area contributed by atoms with Crippen LogP contribution in [0.2, 0.25) is 0 Å². The zero-order valence-electron chi connectivity index (χ0n) is 6.48. The van der Waals surface area contributed by atoms with Crippen molar-refractivity contribution in [3.8, 4) is 11.8 Å². The zero-order valence-corrected chi connectivity index (χ0v) is 6.48. The van der Waals surface area contributed by atoms with Crippen LogP contribution in [0.15, 0.2) is 12.2 Å². The van der Waals surface area contributed by atoms with Gasteiger partial charge in [0, 0.05) is 12.8 Å². The Hall–Kier alpha value is -1.03. The molecule has 0 aliphatic heterocycles. The highest BCUT2D eigenvalue weighted by Crippen LogP contribution is 1.89. The molecule has 54 valence electrons. The highest BCUT2D eigenvalue weighted by Gasteiger charge is 1.91. The average molecular weight is 136 g/mol. The van der Waals surface area contributed by atoms with Crippen LogP contribution in [0.25, 0.3) is 0 Å². The predicted octanol–water partition coefficient (Wildman–Crippen LogP) is 1.94. The lowest BCUT2D eigenvalue weighted by Crippen LogP contribution is -1.89. The van der Waals surface area contributed by atoms with E-state index in [1.54, 1.807) is 19.1 Å². The number of allylic oxidation sites excluding steroid dienone is 2. The van der Waals surface area contributed by atoms with E-state index >= 15 is 0 Å². The Balaban J connectivity index is 3.46. The normalized spacial score (nSPS) is 9.00. The molecule has 0 aliphatic rings. The van der Waals surface area contributed by atoms with E-state index in [1.807, 2.05) is 6.92 Å². The van der Waals surface area contributed by atoms with Gasteiger partial charge in [-0.05, 0) is 19.9 Å². The first-order chi connectivity index (χ1) is 4.81. The standard InChI is InChI=1S/C9H12O/c1-3-5-6-8-9(10)7-4-2/h4,7H,6,8H2,1-2H3/b7-4+. The van der Waals surface area contributed by atoms with Crippen LogP contribution in [-0.4, -0.2) is 5.78 Å². The van der Waals surface area contributed by atoms with E-state index < -0.39 is 0 Å². The fraction of sp³-hybridized carbons (Fsp3) is 0.444. The van der Waals surface area contributed by atoms with Crippen molar-refractivity contribution in [3.63, 3.8) is 0 Å². The van der Waals surface area contributed by atoms with E-state index in [0.29, 0.717) is 12.8 Å². The summed E-state index contributed by atoms with van der Waals surface area (Å²) in [6.45, 7) is 3.61. The quantitative estimate of drug-likeness (QED) is 0.428. The van der Waals surface area contributed by atoms with E-state index in [4.69, 9.17) is 0 Å². The van der Waals surface area contributed by atoms with Gasteiger partial charge in [-0.2, -0.15) is 0 Å². The van der Waals surface area contributed by atoms with Crippen molar-refractivity contribution in [1.29, 1.82) is 0 Å². The number of hydrogen-bond donors (Lipinski definition) is 0. The third kappa shape index (κ3) is 5.11. The van der Waals surface area contributed by atoms with Gasteiger partial charge in [0.2, 0.25) is 0 Å². The van der Waals surface area contributed by atoms with Crippen molar-refractivity contribution in [1.82, 2.24) is 0 Å². The molecule has 0 bridgehead atoms. The average Bonchev–Trinajstić information content (AvgIpc) is 1.89. The molecular weight excluding hydrogens is 124 g/mol. The maximum absolute atomic E-state index is 10.8. The van der Waals surface area contributed by atoms with Gasteiger partial charge in [-0.3, -0.25) is 4.79 Å². The SMILES string of the molecule is CC#CCCC(=O)/C=C/C. The van der Waals surface area contributed by atoms with Crippen LogP contribution in [0.3, 0.4) is 0 Å². The number of carbonyl (C=O) groups excluding carboxylic acids is 1. The summed E-state index contributed by atoms with van der Waals surface area (Å²) in [5.74, 6) is 5.73. The van der Waals surface area contributed by atoms with Crippen LogP contribution in [0, 0.1) is 11.8 Å². The lowest BCUT2D eigenvalue weighted by Gasteiger charge is -1.85. The molecule has 0 fully saturated rings. The van der Waals surface area contributed by atoms with Gasteiger partial charge in [0.05, 0.1) is 0 Å². The summed E-state index contributed by atoms with van der Waals surface area (Å²) in [5, 5.41) is 0. The summed E-state index contributed by atoms with van der Waals surface area (Å²) in [4.78, 5) is 10.8. The minimum Gasteiger partial charge on any atom is -0.295 e. The lowest BCUT2D eigenvalue weighted by atomic mass is 10.2. The Bertz CT molecular complexity index is 179. The van der Waals surface area contributed by atoms with Gasteiger partial charge in [-0.1, -0.05) is 6.08 Å². The van der Waals surface area contributed by atoms with E-state index in [-0.39, 0.29) is 5.78 Å². The van der Waals surface area contributed by atoms with Crippen LogP contribution < -0.4 is 0 Å². The summed E-state index contributed by atoms with van der Waals surface area (Å²) in [5.41, 5.74) is 0. The van der Waals surface area contributed by atoms with Crippen molar-refractivity contribution in [3.05, 3.63) is 12.2 Å². The number of carbonyl (C=O) groups is 1. The molecule has 0 spiro atoms. The molecule has 0 aromatic rings. The molecule has 0 aromatic heterocycles. The Labute approximate surface area is 62.1 Å². The minimum absolute atomic E-state index is 0.158. The second-order valence-corrected chi connectivity index (χ2v) is 1.89. The second-order valence-electron chi connectivity index (χ2n) is 1.89. The van der Waals surface area contributed by atoms with Crippen molar-refractivity contribution in [2.75, 3.05) is 0 Å². The van der Waals surface area contributed by atoms with Crippen LogP contribution >= 0.6 is 0 Å². The summed E-state index contributed by atoms with van der Waals surface area (Å²) >= 11 is 0. The highest BCUT2D eigenvalue weighted by atomic mass is 16.1. The van der Waals surface area contributed by atoms with Crippen LogP contribution in [0.5, 0.6) is 0 Å². The number of rotatable bonds is 3. The summed E-state index contributed by atoms with van der Waals surface area (Å²) in [6.07, 6.45) is 4.56. The number of hydrogen-bond acceptors (Lipinski definition) is 1. The van der Waals surface area contributed by atoms with E-state index in [2.05, 4.69) is 11.8 Å². The largest absolute Gasteiger partial charge is 0.295 e. The predicted molar refractivity (Wildman–Crippen MR) is 42.5 cm³/mol. The first-order valence-electron chi connectivity index (χ1n) is 3.36. The van der Waals surface area contributed by atoms with Crippen molar-refractivity contribution in [2.45, 2.75) is 26.7 Å². The fourth-order valence-corrected chi connectivity index (χ4v) is 0.580. The Kier molecular flexibility index (Phi) is 5.47. The van der Waals surface area contributed by atoms with E-state index in [0.717, 1.165) is 0 Å². The second kappa shape index (κ2) is 6.10. The minimum atomic E-state index is 0.158. The molecule has 0 N–H and O–H groups in total. The number of ketones is 1. The van der Waals surface area contributed by atoms with Crippen molar-refractivity contribution < 1.29 is 4.79 Å². The van der Waals surface area contributed by atoms with Crippen LogP contribution in [0.1, 0.15) is 26.7 Å². The van der Waals surface area contributed by atoms with Crippen LogP contribution in [-0.2, 0) is 4.79 Å². The molecule has 0 saturated heterocycles. The smallest absolute Gasteiger partial charge is 0.156 e. The molecule has 0 rings (SSSR count). The third-order valence-corrected chi connectivity index (χ3v) is 1.03. The summed E-state index contributed by atoms with van der Waals surface area (Å²) < 4.78 is 0. The molecule has 10 heavy (non-hydrogen) atoms. The third-order valence-electron chi connectivity index (χ3n) is 1.03. The Morgan fingerprint density at radius 3 is 2.80 bits per heavy atom. The maximum atomic E-state index is 10.8. The van der Waals surface area contributed by atoms with E-state index in [1.165, 1.54) is 0 Å². The first-order valence-corrected chi connectivity index (χ1v) is 3.36. The summed E-state index contributed by atoms with van der Waals surface area (Å²) in [7, 11) is 0. The topological polar surface area (TPSA) is 17.1 Å². The Morgan fingerprint density at radius 1 is 1.60 bits per heavy atom. The lowest BCUT2D eigenvalue weighted by molar-refractivity contribution is -0.114. The summed E-state index contributed by atoms with van der Waals surface area (Å²) in [6, 6.07) is 0. The first kappa shape index (κ1) is 8.97. The molecule has 1 heteroatoms. The zero-order chi connectivity index (χ0) is 7.82. The van der Waals surface area contributed by atoms with Crippen molar-refractivity contribution >= 4 is 5.78 Å².